The SMILES string of the molecule is C.CCOC(=O)c1cnn(-c2cccc(-c3cccc4c3C(Nc3ccc(C5CCN(C(=O)[C@H](C)O)CC5)cc3C)CO4)n2)c1C. The number of aromatic nitrogens is 3. The van der Waals surface area contributed by atoms with Crippen LogP contribution in [0.5, 0.6) is 5.75 Å². The Kier molecular flexibility index (Phi) is 9.76. The molecule has 1 saturated heterocycles. The van der Waals surface area contributed by atoms with E-state index >= 15 is 0 Å². The van der Waals surface area contributed by atoms with E-state index in [1.807, 2.05) is 37.3 Å². The normalized spacial score (nSPS) is 16.6. The molecule has 4 heterocycles. The van der Waals surface area contributed by atoms with Gasteiger partial charge in [-0.2, -0.15) is 5.10 Å². The Labute approximate surface area is 270 Å². The molecule has 0 radical (unpaired) electrons. The maximum atomic E-state index is 12.4. The molecule has 0 saturated carbocycles. The highest BCUT2D eigenvalue weighted by atomic mass is 16.5. The standard InChI is InChI=1S/C35H39N5O5.CH4/c1-5-44-35(43)27-19-36-40(22(27)3)32-11-7-9-29(38-32)26-8-6-10-31-33(26)30(20-45-31)37-28-13-12-25(18-21(28)2)24-14-16-39(17-15-24)34(42)23(4)41;/h6-13,18-19,23-24,30,37,41H,5,14-17,20H2,1-4H3;1H4/t23-,30?;/m0./s1. The number of hydrogen-bond donors (Lipinski definition) is 2. The van der Waals surface area contributed by atoms with Gasteiger partial charge in [-0.3, -0.25) is 4.79 Å². The van der Waals surface area contributed by atoms with Crippen molar-refractivity contribution in [3.8, 4) is 22.8 Å². The minimum absolute atomic E-state index is 0. The molecule has 4 aromatic rings. The van der Waals surface area contributed by atoms with Gasteiger partial charge in [-0.1, -0.05) is 37.8 Å². The van der Waals surface area contributed by atoms with Gasteiger partial charge in [0.1, 0.15) is 24.0 Å². The Hall–Kier alpha value is -4.70. The van der Waals surface area contributed by atoms with Gasteiger partial charge in [0.15, 0.2) is 5.82 Å². The molecule has 2 aliphatic rings. The monoisotopic (exact) mass is 625 g/mol. The minimum atomic E-state index is -0.953. The second-order valence-corrected chi connectivity index (χ2v) is 11.7. The van der Waals surface area contributed by atoms with Crippen LogP contribution in [0.1, 0.15) is 78.8 Å². The first-order valence-corrected chi connectivity index (χ1v) is 15.5. The van der Waals surface area contributed by atoms with Gasteiger partial charge in [0, 0.05) is 29.9 Å². The molecule has 46 heavy (non-hydrogen) atoms. The molecular formula is C36H43N5O5. The highest BCUT2D eigenvalue weighted by Gasteiger charge is 2.30. The number of piperidine rings is 1. The molecule has 2 atom stereocenters. The average molecular weight is 626 g/mol. The van der Waals surface area contributed by atoms with Crippen molar-refractivity contribution in [1.82, 2.24) is 19.7 Å². The summed E-state index contributed by atoms with van der Waals surface area (Å²) in [6, 6.07) is 18.3. The number of nitrogens with one attached hydrogen (secondary N) is 1. The maximum Gasteiger partial charge on any atom is 0.341 e. The van der Waals surface area contributed by atoms with Crippen molar-refractivity contribution in [3.05, 3.63) is 88.7 Å². The Bertz CT molecular complexity index is 1720. The number of carbonyl (C=O) groups excluding carboxylic acids is 2. The second kappa shape index (κ2) is 13.7. The summed E-state index contributed by atoms with van der Waals surface area (Å²) in [6.07, 6.45) is 2.33. The Morgan fingerprint density at radius 3 is 2.59 bits per heavy atom. The fraction of sp³-hybridized carbons (Fsp3) is 0.389. The van der Waals surface area contributed by atoms with E-state index < -0.39 is 12.1 Å². The van der Waals surface area contributed by atoms with Gasteiger partial charge in [-0.05, 0) is 81.8 Å². The van der Waals surface area contributed by atoms with Crippen LogP contribution in [0.4, 0.5) is 5.69 Å². The van der Waals surface area contributed by atoms with Gasteiger partial charge in [-0.25, -0.2) is 14.5 Å². The van der Waals surface area contributed by atoms with Crippen LogP contribution in [0.2, 0.25) is 0 Å². The van der Waals surface area contributed by atoms with E-state index in [4.69, 9.17) is 14.5 Å². The van der Waals surface area contributed by atoms with Crippen LogP contribution >= 0.6 is 0 Å². The number of esters is 1. The van der Waals surface area contributed by atoms with E-state index in [0.29, 0.717) is 49.3 Å². The minimum Gasteiger partial charge on any atom is -0.491 e. The molecular weight excluding hydrogens is 582 g/mol. The molecule has 10 nitrogen and oxygen atoms in total. The zero-order valence-corrected chi connectivity index (χ0v) is 26.1. The molecule has 242 valence electrons. The van der Waals surface area contributed by atoms with Crippen LogP contribution in [0.15, 0.2) is 60.8 Å². The number of hydrogen-bond acceptors (Lipinski definition) is 8. The molecule has 1 unspecified atom stereocenters. The molecule has 2 aromatic carbocycles. The molecule has 0 aliphatic carbocycles. The van der Waals surface area contributed by atoms with E-state index in [2.05, 4.69) is 41.6 Å². The summed E-state index contributed by atoms with van der Waals surface area (Å²) in [5.74, 6) is 1.22. The number of rotatable bonds is 8. The first-order chi connectivity index (χ1) is 21.7. The number of aliphatic hydroxyl groups excluding tert-OH is 1. The van der Waals surface area contributed by atoms with E-state index in [-0.39, 0.29) is 19.4 Å². The summed E-state index contributed by atoms with van der Waals surface area (Å²) >= 11 is 0. The van der Waals surface area contributed by atoms with E-state index in [1.165, 1.54) is 18.7 Å². The van der Waals surface area contributed by atoms with Crippen molar-refractivity contribution in [2.45, 2.75) is 66.0 Å². The van der Waals surface area contributed by atoms with Crippen molar-refractivity contribution in [1.29, 1.82) is 0 Å². The van der Waals surface area contributed by atoms with Crippen molar-refractivity contribution < 1.29 is 24.2 Å². The largest absolute Gasteiger partial charge is 0.491 e. The lowest BCUT2D eigenvalue weighted by Gasteiger charge is -2.33. The molecule has 2 N–H and O–H groups in total. The summed E-state index contributed by atoms with van der Waals surface area (Å²) in [7, 11) is 0. The van der Waals surface area contributed by atoms with Gasteiger partial charge in [0.2, 0.25) is 0 Å². The highest BCUT2D eigenvalue weighted by molar-refractivity contribution is 5.90. The number of nitrogens with zero attached hydrogens (tertiary/aromatic N) is 4. The predicted molar refractivity (Wildman–Crippen MR) is 177 cm³/mol. The fourth-order valence-electron chi connectivity index (χ4n) is 6.35. The zero-order chi connectivity index (χ0) is 31.7. The fourth-order valence-corrected chi connectivity index (χ4v) is 6.35. The number of anilines is 1. The lowest BCUT2D eigenvalue weighted by Crippen LogP contribution is -2.42. The third-order valence-electron chi connectivity index (χ3n) is 8.77. The van der Waals surface area contributed by atoms with Crippen molar-refractivity contribution >= 4 is 17.6 Å². The Morgan fingerprint density at radius 2 is 1.87 bits per heavy atom. The Morgan fingerprint density at radius 1 is 1.11 bits per heavy atom. The van der Waals surface area contributed by atoms with Crippen LogP contribution in [-0.4, -0.2) is 69.1 Å². The number of aliphatic hydroxyl groups is 1. The summed E-state index contributed by atoms with van der Waals surface area (Å²) in [4.78, 5) is 31.2. The van der Waals surface area contributed by atoms with Crippen molar-refractivity contribution in [2.75, 3.05) is 31.6 Å². The molecule has 1 fully saturated rings. The lowest BCUT2D eigenvalue weighted by atomic mass is 9.88. The lowest BCUT2D eigenvalue weighted by molar-refractivity contribution is -0.140. The van der Waals surface area contributed by atoms with Gasteiger partial charge < -0.3 is 24.8 Å². The van der Waals surface area contributed by atoms with Gasteiger partial charge in [0.05, 0.1) is 30.2 Å². The van der Waals surface area contributed by atoms with Crippen LogP contribution in [0, 0.1) is 13.8 Å². The predicted octanol–water partition coefficient (Wildman–Crippen LogP) is 6.00. The zero-order valence-electron chi connectivity index (χ0n) is 26.1. The first kappa shape index (κ1) is 32.7. The van der Waals surface area contributed by atoms with Gasteiger partial charge >= 0.3 is 5.97 Å². The number of aryl methyl sites for hydroxylation is 1. The molecule has 1 amide bonds. The number of ether oxygens (including phenoxy) is 2. The number of carbonyl (C=O) groups is 2. The van der Waals surface area contributed by atoms with Gasteiger partial charge in [-0.15, -0.1) is 0 Å². The average Bonchev–Trinajstić information content (AvgIpc) is 3.65. The van der Waals surface area contributed by atoms with Crippen LogP contribution in [-0.2, 0) is 9.53 Å². The highest BCUT2D eigenvalue weighted by Crippen LogP contribution is 2.42. The van der Waals surface area contributed by atoms with Crippen LogP contribution < -0.4 is 10.1 Å². The Balaban J connectivity index is 0.00000417. The maximum absolute atomic E-state index is 12.4. The smallest absolute Gasteiger partial charge is 0.341 e. The molecule has 2 aromatic heterocycles. The van der Waals surface area contributed by atoms with E-state index in [1.54, 1.807) is 16.5 Å². The van der Waals surface area contributed by atoms with Crippen molar-refractivity contribution in [2.24, 2.45) is 0 Å². The molecule has 2 aliphatic heterocycles. The number of benzene rings is 2. The third-order valence-corrected chi connectivity index (χ3v) is 8.77. The third kappa shape index (κ3) is 6.35. The molecule has 6 rings (SSSR count). The quantitative estimate of drug-likeness (QED) is 0.229. The van der Waals surface area contributed by atoms with Crippen LogP contribution in [0.25, 0.3) is 17.1 Å². The number of pyridine rings is 1. The van der Waals surface area contributed by atoms with E-state index in [9.17, 15) is 14.7 Å². The topological polar surface area (TPSA) is 119 Å². The summed E-state index contributed by atoms with van der Waals surface area (Å²) < 4.78 is 13.0. The first-order valence-electron chi connectivity index (χ1n) is 15.5. The summed E-state index contributed by atoms with van der Waals surface area (Å²) in [5.41, 5.74) is 7.33. The molecule has 10 heteroatoms. The van der Waals surface area contributed by atoms with Gasteiger partial charge in [0.25, 0.3) is 5.91 Å². The van der Waals surface area contributed by atoms with Crippen LogP contribution in [0.3, 0.4) is 0 Å². The van der Waals surface area contributed by atoms with Crippen molar-refractivity contribution in [3.63, 3.8) is 0 Å². The number of fused-ring (bicyclic) bond motifs is 1. The number of amides is 1. The van der Waals surface area contributed by atoms with E-state index in [0.717, 1.165) is 46.7 Å². The molecule has 0 bridgehead atoms. The molecule has 0 spiro atoms. The second-order valence-electron chi connectivity index (χ2n) is 11.7. The summed E-state index contributed by atoms with van der Waals surface area (Å²) in [6.45, 7) is 9.36. The number of likely N-dealkylation sites (tertiary alicyclic amines) is 1. The summed E-state index contributed by atoms with van der Waals surface area (Å²) in [5, 5.41) is 17.8.